The highest BCUT2D eigenvalue weighted by atomic mass is 16.5. The van der Waals surface area contributed by atoms with Crippen LogP contribution in [0.4, 0.5) is 0 Å². The van der Waals surface area contributed by atoms with Crippen LogP contribution in [0.1, 0.15) is 34.1 Å². The zero-order valence-electron chi connectivity index (χ0n) is 13.0. The molecule has 5 heteroatoms. The van der Waals surface area contributed by atoms with E-state index in [0.29, 0.717) is 19.1 Å². The minimum absolute atomic E-state index is 0.281. The number of nitrogens with two attached hydrogens (primary N) is 1. The molecule has 0 spiro atoms. The van der Waals surface area contributed by atoms with Gasteiger partial charge in [0.2, 0.25) is 0 Å². The first-order valence-corrected chi connectivity index (χ1v) is 7.18. The van der Waals surface area contributed by atoms with Gasteiger partial charge in [-0.3, -0.25) is 9.69 Å². The zero-order chi connectivity index (χ0) is 14.6. The summed E-state index contributed by atoms with van der Waals surface area (Å²) in [5.74, 6) is -0.302. The highest BCUT2D eigenvalue weighted by Crippen LogP contribution is 2.20. The number of likely N-dealkylation sites (N-methyl/N-ethyl adjacent to an activating group) is 1. The van der Waals surface area contributed by atoms with Crippen molar-refractivity contribution in [2.75, 3.05) is 33.3 Å². The number of hydrogen-bond donors (Lipinski definition) is 1. The molecule has 0 amide bonds. The van der Waals surface area contributed by atoms with Crippen molar-refractivity contribution >= 4 is 5.97 Å². The fourth-order valence-corrected chi connectivity index (χ4v) is 2.92. The van der Waals surface area contributed by atoms with E-state index >= 15 is 0 Å². The minimum Gasteiger partial charge on any atom is -0.465 e. The molecule has 5 nitrogen and oxygen atoms in total. The molecule has 0 radical (unpaired) electrons. The number of hydrogen-bond acceptors (Lipinski definition) is 5. The van der Waals surface area contributed by atoms with Gasteiger partial charge in [-0.25, -0.2) is 0 Å². The van der Waals surface area contributed by atoms with E-state index in [1.54, 1.807) is 13.8 Å². The van der Waals surface area contributed by atoms with Crippen molar-refractivity contribution in [3.63, 3.8) is 0 Å². The lowest BCUT2D eigenvalue weighted by Crippen LogP contribution is -2.57. The molecule has 0 saturated carbocycles. The molecule has 0 aromatic carbocycles. The van der Waals surface area contributed by atoms with Crippen LogP contribution in [-0.4, -0.2) is 66.7 Å². The molecule has 3 atom stereocenters. The van der Waals surface area contributed by atoms with Crippen molar-refractivity contribution in [1.82, 2.24) is 9.80 Å². The number of piperazine rings is 1. The summed E-state index contributed by atoms with van der Waals surface area (Å²) in [7, 11) is 2.14. The summed E-state index contributed by atoms with van der Waals surface area (Å²) in [5, 5.41) is 0. The molecule has 0 aromatic rings. The van der Waals surface area contributed by atoms with Gasteiger partial charge >= 0.3 is 5.97 Å². The third-order valence-corrected chi connectivity index (χ3v) is 3.91. The third kappa shape index (κ3) is 4.44. The summed E-state index contributed by atoms with van der Waals surface area (Å²) in [6, 6.07) is 0.773. The summed E-state index contributed by atoms with van der Waals surface area (Å²) in [6.07, 6.45) is 0.625. The fraction of sp³-hybridized carbons (Fsp3) is 0.929. The molecule has 1 saturated heterocycles. The molecule has 3 unspecified atom stereocenters. The van der Waals surface area contributed by atoms with Crippen LogP contribution in [0.5, 0.6) is 0 Å². The van der Waals surface area contributed by atoms with Gasteiger partial charge in [-0.05, 0) is 41.2 Å². The maximum absolute atomic E-state index is 11.8. The average molecular weight is 271 g/mol. The Morgan fingerprint density at radius 2 is 2.16 bits per heavy atom. The van der Waals surface area contributed by atoms with Crippen LogP contribution in [0.3, 0.4) is 0 Å². The molecule has 0 aromatic heterocycles. The highest BCUT2D eigenvalue weighted by Gasteiger charge is 2.35. The van der Waals surface area contributed by atoms with Gasteiger partial charge in [0.05, 0.1) is 6.61 Å². The summed E-state index contributed by atoms with van der Waals surface area (Å²) < 4.78 is 5.05. The van der Waals surface area contributed by atoms with Crippen molar-refractivity contribution in [3.05, 3.63) is 0 Å². The van der Waals surface area contributed by atoms with E-state index in [9.17, 15) is 4.79 Å². The van der Waals surface area contributed by atoms with E-state index in [1.165, 1.54) is 0 Å². The van der Waals surface area contributed by atoms with Gasteiger partial charge in [0.1, 0.15) is 5.54 Å². The normalized spacial score (nSPS) is 26.7. The van der Waals surface area contributed by atoms with E-state index in [2.05, 4.69) is 30.7 Å². The van der Waals surface area contributed by atoms with Gasteiger partial charge in [-0.2, -0.15) is 0 Å². The van der Waals surface area contributed by atoms with E-state index in [1.807, 2.05) is 0 Å². The maximum Gasteiger partial charge on any atom is 0.325 e. The number of carbonyl (C=O) groups excluding carboxylic acids is 1. The Hall–Kier alpha value is -0.650. The number of nitrogens with zero attached hydrogens (tertiary/aromatic N) is 2. The monoisotopic (exact) mass is 271 g/mol. The van der Waals surface area contributed by atoms with Gasteiger partial charge < -0.3 is 15.4 Å². The lowest BCUT2D eigenvalue weighted by molar-refractivity contribution is -0.150. The Balaban J connectivity index is 2.58. The van der Waals surface area contributed by atoms with Gasteiger partial charge in [-0.15, -0.1) is 0 Å². The van der Waals surface area contributed by atoms with Gasteiger partial charge in [0.25, 0.3) is 0 Å². The average Bonchev–Trinajstić information content (AvgIpc) is 2.28. The Kier molecular flexibility index (Phi) is 5.77. The van der Waals surface area contributed by atoms with Gasteiger partial charge in [-0.1, -0.05) is 0 Å². The lowest BCUT2D eigenvalue weighted by atomic mass is 9.93. The first-order chi connectivity index (χ1) is 8.77. The number of rotatable bonds is 5. The molecule has 1 heterocycles. The predicted molar refractivity (Wildman–Crippen MR) is 77.0 cm³/mol. The molecular formula is C14H29N3O2. The Morgan fingerprint density at radius 3 is 2.68 bits per heavy atom. The third-order valence-electron chi connectivity index (χ3n) is 3.91. The standard InChI is InChI=1S/C14H29N3O2/c1-6-19-13(18)14(4,15)9-11(2)17-8-7-16(5)10-12(17)3/h11-12H,6-10,15H2,1-5H3. The van der Waals surface area contributed by atoms with Crippen LogP contribution in [0.2, 0.25) is 0 Å². The predicted octanol–water partition coefficient (Wildman–Crippen LogP) is 0.681. The minimum atomic E-state index is -0.904. The first-order valence-electron chi connectivity index (χ1n) is 7.18. The fourth-order valence-electron chi connectivity index (χ4n) is 2.92. The van der Waals surface area contributed by atoms with Crippen LogP contribution in [-0.2, 0) is 9.53 Å². The topological polar surface area (TPSA) is 58.8 Å². The van der Waals surface area contributed by atoms with Crippen molar-refractivity contribution < 1.29 is 9.53 Å². The lowest BCUT2D eigenvalue weighted by Gasteiger charge is -2.43. The van der Waals surface area contributed by atoms with Crippen LogP contribution in [0.25, 0.3) is 0 Å². The molecule has 1 rings (SSSR count). The number of carbonyl (C=O) groups is 1. The molecule has 0 aliphatic carbocycles. The SMILES string of the molecule is CCOC(=O)C(C)(N)CC(C)N1CCN(C)CC1C. The van der Waals surface area contributed by atoms with Crippen LogP contribution < -0.4 is 5.73 Å². The molecule has 1 aliphatic rings. The van der Waals surface area contributed by atoms with Crippen molar-refractivity contribution in [3.8, 4) is 0 Å². The molecule has 1 aliphatic heterocycles. The second kappa shape index (κ2) is 6.68. The van der Waals surface area contributed by atoms with Crippen LogP contribution >= 0.6 is 0 Å². The Bertz CT molecular complexity index is 307. The molecule has 112 valence electrons. The zero-order valence-corrected chi connectivity index (χ0v) is 13.0. The number of esters is 1. The van der Waals surface area contributed by atoms with E-state index < -0.39 is 5.54 Å². The van der Waals surface area contributed by atoms with E-state index in [-0.39, 0.29) is 12.0 Å². The van der Waals surface area contributed by atoms with Crippen molar-refractivity contribution in [2.45, 2.75) is 51.7 Å². The molecule has 0 bridgehead atoms. The summed E-state index contributed by atoms with van der Waals surface area (Å²) in [6.45, 7) is 11.5. The molecular weight excluding hydrogens is 242 g/mol. The molecule has 1 fully saturated rings. The smallest absolute Gasteiger partial charge is 0.325 e. The summed E-state index contributed by atoms with van der Waals surface area (Å²) >= 11 is 0. The van der Waals surface area contributed by atoms with Crippen molar-refractivity contribution in [2.24, 2.45) is 5.73 Å². The maximum atomic E-state index is 11.8. The van der Waals surface area contributed by atoms with E-state index in [0.717, 1.165) is 19.6 Å². The quantitative estimate of drug-likeness (QED) is 0.745. The largest absolute Gasteiger partial charge is 0.465 e. The molecule has 2 N–H and O–H groups in total. The second-order valence-electron chi connectivity index (χ2n) is 6.04. The van der Waals surface area contributed by atoms with E-state index in [4.69, 9.17) is 10.5 Å². The van der Waals surface area contributed by atoms with Crippen molar-refractivity contribution in [1.29, 1.82) is 0 Å². The number of ether oxygens (including phenoxy) is 1. The second-order valence-corrected chi connectivity index (χ2v) is 6.04. The van der Waals surface area contributed by atoms with Crippen LogP contribution in [0, 0.1) is 0 Å². The molecule has 19 heavy (non-hydrogen) atoms. The highest BCUT2D eigenvalue weighted by molar-refractivity contribution is 5.80. The van der Waals surface area contributed by atoms with Gasteiger partial charge in [0, 0.05) is 31.7 Å². The van der Waals surface area contributed by atoms with Gasteiger partial charge in [0.15, 0.2) is 0 Å². The summed E-state index contributed by atoms with van der Waals surface area (Å²) in [5.41, 5.74) is 5.21. The summed E-state index contributed by atoms with van der Waals surface area (Å²) in [4.78, 5) is 16.6. The van der Waals surface area contributed by atoms with Crippen LogP contribution in [0.15, 0.2) is 0 Å². The Morgan fingerprint density at radius 1 is 1.53 bits per heavy atom. The first kappa shape index (κ1) is 16.4. The Labute approximate surface area is 117 Å².